The van der Waals surface area contributed by atoms with Gasteiger partial charge in [0.1, 0.15) is 11.6 Å². The maximum Gasteiger partial charge on any atom is 0.451 e. The van der Waals surface area contributed by atoms with Crippen molar-refractivity contribution in [3.8, 4) is 0 Å². The lowest BCUT2D eigenvalue weighted by molar-refractivity contribution is -0.144. The highest BCUT2D eigenvalue weighted by Crippen LogP contribution is 2.29. The molecule has 0 unspecified atom stereocenters. The summed E-state index contributed by atoms with van der Waals surface area (Å²) in [6.07, 6.45) is 1.64. The van der Waals surface area contributed by atoms with Crippen LogP contribution in [0.15, 0.2) is 6.07 Å². The van der Waals surface area contributed by atoms with E-state index in [2.05, 4.69) is 20.6 Å². The Balaban J connectivity index is 2.17. The number of nitrogens with zero attached hydrogens (tertiary/aromatic N) is 2. The van der Waals surface area contributed by atoms with Crippen LogP contribution in [0, 0.1) is 0 Å². The van der Waals surface area contributed by atoms with Crippen molar-refractivity contribution < 1.29 is 13.2 Å². The summed E-state index contributed by atoms with van der Waals surface area (Å²) in [7, 11) is 0. The topological polar surface area (TPSA) is 49.8 Å². The molecule has 1 fully saturated rings. The summed E-state index contributed by atoms with van der Waals surface area (Å²) < 4.78 is 38.6. The van der Waals surface area contributed by atoms with Crippen molar-refractivity contribution >= 4 is 11.6 Å². The Labute approximate surface area is 122 Å². The van der Waals surface area contributed by atoms with Crippen molar-refractivity contribution in [3.63, 3.8) is 0 Å². The molecule has 1 aromatic heterocycles. The minimum Gasteiger partial charge on any atom is -0.370 e. The van der Waals surface area contributed by atoms with Gasteiger partial charge < -0.3 is 10.6 Å². The molecule has 1 saturated carbocycles. The van der Waals surface area contributed by atoms with Crippen LogP contribution in [0.1, 0.15) is 51.3 Å². The van der Waals surface area contributed by atoms with Crippen molar-refractivity contribution in [3.05, 3.63) is 11.9 Å². The Bertz CT molecular complexity index is 456. The summed E-state index contributed by atoms with van der Waals surface area (Å²) >= 11 is 0. The molecule has 4 nitrogen and oxygen atoms in total. The van der Waals surface area contributed by atoms with Crippen LogP contribution in [-0.4, -0.2) is 22.6 Å². The lowest BCUT2D eigenvalue weighted by Gasteiger charge is -2.23. The average molecular weight is 302 g/mol. The van der Waals surface area contributed by atoms with Crippen molar-refractivity contribution in [2.24, 2.45) is 0 Å². The first-order valence-electron chi connectivity index (χ1n) is 7.45. The molecule has 7 heteroatoms. The molecule has 0 saturated heterocycles. The number of rotatable bonds is 5. The zero-order valence-electron chi connectivity index (χ0n) is 12.1. The second kappa shape index (κ2) is 6.95. The van der Waals surface area contributed by atoms with Crippen LogP contribution in [0.25, 0.3) is 0 Å². The van der Waals surface area contributed by atoms with Gasteiger partial charge in [0, 0.05) is 18.7 Å². The van der Waals surface area contributed by atoms with Crippen LogP contribution >= 0.6 is 0 Å². The van der Waals surface area contributed by atoms with Gasteiger partial charge in [-0.15, -0.1) is 0 Å². The molecule has 0 spiro atoms. The molecule has 118 valence electrons. The minimum atomic E-state index is -4.53. The first-order valence-corrected chi connectivity index (χ1v) is 7.45. The van der Waals surface area contributed by atoms with E-state index in [0.717, 1.165) is 32.1 Å². The number of nitrogens with one attached hydrogen (secondary N) is 2. The molecule has 1 aliphatic carbocycles. The van der Waals surface area contributed by atoms with Crippen molar-refractivity contribution in [1.82, 2.24) is 9.97 Å². The highest BCUT2D eigenvalue weighted by molar-refractivity contribution is 5.48. The van der Waals surface area contributed by atoms with Gasteiger partial charge in [-0.25, -0.2) is 9.97 Å². The number of alkyl halides is 3. The van der Waals surface area contributed by atoms with Crippen LogP contribution in [0.2, 0.25) is 0 Å². The third kappa shape index (κ3) is 4.75. The van der Waals surface area contributed by atoms with E-state index >= 15 is 0 Å². The Morgan fingerprint density at radius 1 is 1.14 bits per heavy atom. The number of anilines is 2. The molecule has 1 aromatic rings. The fraction of sp³-hybridized carbons (Fsp3) is 0.714. The van der Waals surface area contributed by atoms with Crippen LogP contribution in [0.4, 0.5) is 24.8 Å². The van der Waals surface area contributed by atoms with Gasteiger partial charge in [-0.05, 0) is 19.3 Å². The minimum absolute atomic E-state index is 0.203. The molecule has 2 rings (SSSR count). The van der Waals surface area contributed by atoms with Crippen LogP contribution < -0.4 is 10.6 Å². The van der Waals surface area contributed by atoms with Crippen LogP contribution in [0.3, 0.4) is 0 Å². The molecule has 0 aliphatic heterocycles. The summed E-state index contributed by atoms with van der Waals surface area (Å²) in [6, 6.07) is 1.76. The van der Waals surface area contributed by atoms with Crippen LogP contribution in [0.5, 0.6) is 0 Å². The van der Waals surface area contributed by atoms with Gasteiger partial charge >= 0.3 is 6.18 Å². The fourth-order valence-corrected chi connectivity index (χ4v) is 2.45. The number of hydrogen-bond acceptors (Lipinski definition) is 4. The van der Waals surface area contributed by atoms with E-state index in [0.29, 0.717) is 6.54 Å². The largest absolute Gasteiger partial charge is 0.451 e. The second-order valence-electron chi connectivity index (χ2n) is 5.37. The Hall–Kier alpha value is -1.53. The Morgan fingerprint density at radius 3 is 2.43 bits per heavy atom. The average Bonchev–Trinajstić information content (AvgIpc) is 2.45. The van der Waals surface area contributed by atoms with E-state index in [-0.39, 0.29) is 17.7 Å². The monoisotopic (exact) mass is 302 g/mol. The predicted molar refractivity (Wildman–Crippen MR) is 76.3 cm³/mol. The highest BCUT2D eigenvalue weighted by Gasteiger charge is 2.35. The third-order valence-corrected chi connectivity index (χ3v) is 3.49. The molecular formula is C14H21F3N4. The smallest absolute Gasteiger partial charge is 0.370 e. The third-order valence-electron chi connectivity index (χ3n) is 3.49. The molecular weight excluding hydrogens is 281 g/mol. The normalized spacial score (nSPS) is 16.8. The van der Waals surface area contributed by atoms with Gasteiger partial charge in [-0.2, -0.15) is 13.2 Å². The number of aromatic nitrogens is 2. The standard InChI is InChI=1S/C14H21F3N4/c1-2-8-18-11-9-12(19-10-6-4-3-5-7-10)21-13(20-11)14(15,16)17/h9-10H,2-8H2,1H3,(H2,18,19,20,21). The van der Waals surface area contributed by atoms with E-state index in [1.54, 1.807) is 6.07 Å². The lowest BCUT2D eigenvalue weighted by atomic mass is 9.95. The summed E-state index contributed by atoms with van der Waals surface area (Å²) in [5.41, 5.74) is 0. The van der Waals surface area contributed by atoms with E-state index in [9.17, 15) is 13.2 Å². The van der Waals surface area contributed by atoms with Gasteiger partial charge in [0.15, 0.2) is 0 Å². The molecule has 0 atom stereocenters. The number of halogens is 3. The molecule has 1 aliphatic rings. The number of hydrogen-bond donors (Lipinski definition) is 2. The Kier molecular flexibility index (Phi) is 5.25. The molecule has 0 radical (unpaired) electrons. The lowest BCUT2D eigenvalue weighted by Crippen LogP contribution is -2.24. The fourth-order valence-electron chi connectivity index (χ4n) is 2.45. The molecule has 0 aromatic carbocycles. The van der Waals surface area contributed by atoms with Crippen LogP contribution in [-0.2, 0) is 6.18 Å². The predicted octanol–water partition coefficient (Wildman–Crippen LogP) is 4.06. The summed E-state index contributed by atoms with van der Waals surface area (Å²) in [5.74, 6) is -0.623. The highest BCUT2D eigenvalue weighted by atomic mass is 19.4. The SMILES string of the molecule is CCCNc1cc(NC2CCCCC2)nc(C(F)(F)F)n1. The van der Waals surface area contributed by atoms with E-state index in [1.165, 1.54) is 6.42 Å². The van der Waals surface area contributed by atoms with Gasteiger partial charge in [0.25, 0.3) is 0 Å². The zero-order valence-corrected chi connectivity index (χ0v) is 12.1. The molecule has 0 amide bonds. The van der Waals surface area contributed by atoms with Crippen molar-refractivity contribution in [2.45, 2.75) is 57.7 Å². The van der Waals surface area contributed by atoms with E-state index in [1.807, 2.05) is 6.92 Å². The first-order chi connectivity index (χ1) is 9.99. The van der Waals surface area contributed by atoms with Crippen molar-refractivity contribution in [2.75, 3.05) is 17.2 Å². The van der Waals surface area contributed by atoms with Gasteiger partial charge in [-0.3, -0.25) is 0 Å². The summed E-state index contributed by atoms with van der Waals surface area (Å²) in [6.45, 7) is 2.53. The van der Waals surface area contributed by atoms with Gasteiger partial charge in [0.05, 0.1) is 0 Å². The van der Waals surface area contributed by atoms with Gasteiger partial charge in [0.2, 0.25) is 5.82 Å². The quantitative estimate of drug-likeness (QED) is 0.861. The van der Waals surface area contributed by atoms with E-state index < -0.39 is 12.0 Å². The van der Waals surface area contributed by atoms with E-state index in [4.69, 9.17) is 0 Å². The maximum absolute atomic E-state index is 12.9. The molecule has 21 heavy (non-hydrogen) atoms. The maximum atomic E-state index is 12.9. The Morgan fingerprint density at radius 2 is 1.81 bits per heavy atom. The van der Waals surface area contributed by atoms with Crippen molar-refractivity contribution in [1.29, 1.82) is 0 Å². The molecule has 2 N–H and O–H groups in total. The van der Waals surface area contributed by atoms with Gasteiger partial charge in [-0.1, -0.05) is 26.2 Å². The molecule has 0 bridgehead atoms. The second-order valence-corrected chi connectivity index (χ2v) is 5.37. The summed E-state index contributed by atoms with van der Waals surface area (Å²) in [5, 5.41) is 6.01. The zero-order chi connectivity index (χ0) is 15.3. The first kappa shape index (κ1) is 15.9. The summed E-state index contributed by atoms with van der Waals surface area (Å²) in [4.78, 5) is 7.17. The molecule has 1 heterocycles.